The number of aromatic nitrogens is 3. The number of aromatic carboxylic acids is 1. The monoisotopic (exact) mass is 312 g/mol. The Labute approximate surface area is 120 Å². The van der Waals surface area contributed by atoms with Crippen molar-refractivity contribution >= 4 is 23.4 Å². The molecular formula is C11H9FN4O4S. The molecule has 4 N–H and O–H groups in total. The molecule has 0 amide bonds. The summed E-state index contributed by atoms with van der Waals surface area (Å²) in [4.78, 5) is 36.7. The fourth-order valence-electron chi connectivity index (χ4n) is 1.48. The number of aryl methyl sites for hydroxylation is 1. The molecule has 110 valence electrons. The van der Waals surface area contributed by atoms with E-state index in [-0.39, 0.29) is 21.3 Å². The minimum atomic E-state index is -1.31. The first-order valence-corrected chi connectivity index (χ1v) is 6.28. The van der Waals surface area contributed by atoms with E-state index in [4.69, 9.17) is 10.8 Å². The van der Waals surface area contributed by atoms with Crippen LogP contribution in [0.3, 0.4) is 0 Å². The number of aromatic amines is 1. The van der Waals surface area contributed by atoms with Crippen LogP contribution in [0, 0.1) is 5.82 Å². The molecule has 0 aliphatic heterocycles. The maximum absolute atomic E-state index is 13.8. The van der Waals surface area contributed by atoms with Crippen LogP contribution in [-0.2, 0) is 7.05 Å². The molecule has 2 rings (SSSR count). The van der Waals surface area contributed by atoms with E-state index in [1.165, 1.54) is 7.05 Å². The summed E-state index contributed by atoms with van der Waals surface area (Å²) in [6.07, 6.45) is 0. The number of carbonyl (C=O) groups is 1. The maximum Gasteiger partial charge on any atom is 0.339 e. The predicted molar refractivity (Wildman–Crippen MR) is 72.0 cm³/mol. The van der Waals surface area contributed by atoms with Gasteiger partial charge in [0.1, 0.15) is 5.82 Å². The van der Waals surface area contributed by atoms with Gasteiger partial charge in [-0.05, 0) is 23.9 Å². The molecule has 0 spiro atoms. The summed E-state index contributed by atoms with van der Waals surface area (Å²) in [6.45, 7) is 0. The second-order valence-corrected chi connectivity index (χ2v) is 4.99. The van der Waals surface area contributed by atoms with Crippen LogP contribution < -0.4 is 16.9 Å². The van der Waals surface area contributed by atoms with E-state index < -0.39 is 22.9 Å². The van der Waals surface area contributed by atoms with E-state index in [2.05, 4.69) is 10.1 Å². The average Bonchev–Trinajstić information content (AvgIpc) is 2.38. The fourth-order valence-corrected chi connectivity index (χ4v) is 2.32. The molecule has 0 atom stereocenters. The van der Waals surface area contributed by atoms with Gasteiger partial charge in [0, 0.05) is 12.7 Å². The molecule has 0 unspecified atom stereocenters. The number of carboxylic acid groups (broad SMARTS) is 1. The van der Waals surface area contributed by atoms with Crippen molar-refractivity contribution in [3.8, 4) is 0 Å². The second-order valence-electron chi connectivity index (χ2n) is 3.98. The largest absolute Gasteiger partial charge is 0.478 e. The molecule has 1 aromatic heterocycles. The first kappa shape index (κ1) is 14.8. The van der Waals surface area contributed by atoms with Gasteiger partial charge in [-0.3, -0.25) is 19.4 Å². The molecule has 0 saturated heterocycles. The quantitative estimate of drug-likeness (QED) is 0.538. The highest BCUT2D eigenvalue weighted by Gasteiger charge is 2.16. The molecule has 0 saturated carbocycles. The molecule has 10 heteroatoms. The Morgan fingerprint density at radius 3 is 2.76 bits per heavy atom. The van der Waals surface area contributed by atoms with Gasteiger partial charge in [-0.2, -0.15) is 4.98 Å². The lowest BCUT2D eigenvalue weighted by atomic mass is 10.2. The van der Waals surface area contributed by atoms with E-state index in [1.54, 1.807) is 0 Å². The Balaban J connectivity index is 2.52. The summed E-state index contributed by atoms with van der Waals surface area (Å²) in [5, 5.41) is 11.1. The maximum atomic E-state index is 13.8. The van der Waals surface area contributed by atoms with Crippen molar-refractivity contribution in [3.63, 3.8) is 0 Å². The Bertz CT molecular complexity index is 845. The number of anilines is 1. The normalized spacial score (nSPS) is 10.6. The third kappa shape index (κ3) is 2.94. The van der Waals surface area contributed by atoms with Gasteiger partial charge < -0.3 is 10.8 Å². The summed E-state index contributed by atoms with van der Waals surface area (Å²) in [5.74, 6) is -2.07. The van der Waals surface area contributed by atoms with Crippen LogP contribution >= 0.6 is 11.8 Å². The van der Waals surface area contributed by atoms with Crippen molar-refractivity contribution in [1.82, 2.24) is 14.8 Å². The standard InChI is InChI=1S/C11H9FN4O4S/c1-16-11(14-8(17)9(18)15-16)21-7-2-4(10(19)20)6(13)3-5(7)12/h2-3H,13H2,1H3,(H,15,18)(H,19,20). The van der Waals surface area contributed by atoms with E-state index >= 15 is 0 Å². The zero-order valence-corrected chi connectivity index (χ0v) is 11.4. The number of halogens is 1. The molecule has 1 heterocycles. The van der Waals surface area contributed by atoms with Crippen LogP contribution in [0.5, 0.6) is 0 Å². The van der Waals surface area contributed by atoms with E-state index in [1.807, 2.05) is 0 Å². The lowest BCUT2D eigenvalue weighted by molar-refractivity contribution is 0.0697. The number of rotatable bonds is 3. The van der Waals surface area contributed by atoms with Crippen molar-refractivity contribution in [3.05, 3.63) is 44.2 Å². The van der Waals surface area contributed by atoms with Crippen LogP contribution in [0.15, 0.2) is 31.8 Å². The van der Waals surface area contributed by atoms with E-state index in [9.17, 15) is 18.8 Å². The Hall–Kier alpha value is -2.62. The molecule has 8 nitrogen and oxygen atoms in total. The molecular weight excluding hydrogens is 303 g/mol. The van der Waals surface area contributed by atoms with E-state index in [0.29, 0.717) is 11.8 Å². The van der Waals surface area contributed by atoms with Crippen molar-refractivity contribution < 1.29 is 14.3 Å². The van der Waals surface area contributed by atoms with Gasteiger partial charge in [0.15, 0.2) is 5.16 Å². The number of benzene rings is 1. The van der Waals surface area contributed by atoms with Gasteiger partial charge in [0.05, 0.1) is 10.5 Å². The SMILES string of the molecule is Cn1[nH]c(=O)c(=O)nc1Sc1cc(C(=O)O)c(N)cc1F. The number of hydrogen-bond donors (Lipinski definition) is 3. The number of hydrogen-bond acceptors (Lipinski definition) is 6. The molecule has 0 aliphatic rings. The van der Waals surface area contributed by atoms with Gasteiger partial charge in [0.2, 0.25) is 0 Å². The third-order valence-electron chi connectivity index (χ3n) is 2.48. The summed E-state index contributed by atoms with van der Waals surface area (Å²) in [7, 11) is 1.41. The number of carboxylic acids is 1. The second kappa shape index (κ2) is 5.40. The molecule has 0 radical (unpaired) electrons. The van der Waals surface area contributed by atoms with Crippen molar-refractivity contribution in [2.75, 3.05) is 5.73 Å². The lowest BCUT2D eigenvalue weighted by Gasteiger charge is -2.08. The van der Waals surface area contributed by atoms with Gasteiger partial charge in [0.25, 0.3) is 0 Å². The van der Waals surface area contributed by atoms with E-state index in [0.717, 1.165) is 16.8 Å². The lowest BCUT2D eigenvalue weighted by Crippen LogP contribution is -2.33. The number of nitrogens with zero attached hydrogens (tertiary/aromatic N) is 2. The smallest absolute Gasteiger partial charge is 0.339 e. The van der Waals surface area contributed by atoms with Crippen molar-refractivity contribution in [1.29, 1.82) is 0 Å². The first-order chi connectivity index (χ1) is 9.79. The Morgan fingerprint density at radius 1 is 1.48 bits per heavy atom. The van der Waals surface area contributed by atoms with Crippen LogP contribution in [0.1, 0.15) is 10.4 Å². The van der Waals surface area contributed by atoms with Gasteiger partial charge in [-0.15, -0.1) is 0 Å². The minimum absolute atomic E-state index is 0.000361. The fraction of sp³-hybridized carbons (Fsp3) is 0.0909. The van der Waals surface area contributed by atoms with Crippen LogP contribution in [0.2, 0.25) is 0 Å². The zero-order chi connectivity index (χ0) is 15.7. The Kier molecular flexibility index (Phi) is 3.80. The zero-order valence-electron chi connectivity index (χ0n) is 10.6. The highest BCUT2D eigenvalue weighted by molar-refractivity contribution is 7.99. The predicted octanol–water partition coefficient (Wildman–Crippen LogP) is 0.0393. The molecule has 2 aromatic rings. The summed E-state index contributed by atoms with van der Waals surface area (Å²) in [5.41, 5.74) is 2.99. The molecule has 1 aromatic carbocycles. The minimum Gasteiger partial charge on any atom is -0.478 e. The molecule has 0 bridgehead atoms. The van der Waals surface area contributed by atoms with Crippen molar-refractivity contribution in [2.45, 2.75) is 10.1 Å². The topological polar surface area (TPSA) is 131 Å². The number of H-pyrrole nitrogens is 1. The average molecular weight is 312 g/mol. The molecule has 0 aliphatic carbocycles. The van der Waals surface area contributed by atoms with Gasteiger partial charge >= 0.3 is 17.1 Å². The highest BCUT2D eigenvalue weighted by Crippen LogP contribution is 2.30. The first-order valence-electron chi connectivity index (χ1n) is 5.47. The number of nitrogens with two attached hydrogens (primary N) is 1. The summed E-state index contributed by atoms with van der Waals surface area (Å²) >= 11 is 0.692. The molecule has 21 heavy (non-hydrogen) atoms. The summed E-state index contributed by atoms with van der Waals surface area (Å²) < 4.78 is 14.9. The summed E-state index contributed by atoms with van der Waals surface area (Å²) in [6, 6.07) is 1.91. The third-order valence-corrected chi connectivity index (χ3v) is 3.56. The van der Waals surface area contributed by atoms with Gasteiger partial charge in [-0.1, -0.05) is 0 Å². The van der Waals surface area contributed by atoms with Crippen LogP contribution in [0.25, 0.3) is 0 Å². The number of nitrogen functional groups attached to an aromatic ring is 1. The highest BCUT2D eigenvalue weighted by atomic mass is 32.2. The van der Waals surface area contributed by atoms with Gasteiger partial charge in [-0.25, -0.2) is 9.18 Å². The van der Waals surface area contributed by atoms with Crippen molar-refractivity contribution in [2.24, 2.45) is 7.05 Å². The van der Waals surface area contributed by atoms with Crippen LogP contribution in [0.4, 0.5) is 10.1 Å². The number of nitrogens with one attached hydrogen (secondary N) is 1. The molecule has 0 fully saturated rings. The Morgan fingerprint density at radius 2 is 2.14 bits per heavy atom. The van der Waals surface area contributed by atoms with Crippen LogP contribution in [-0.4, -0.2) is 25.8 Å².